The summed E-state index contributed by atoms with van der Waals surface area (Å²) in [6.45, 7) is 7.94. The summed E-state index contributed by atoms with van der Waals surface area (Å²) in [6.07, 6.45) is -0.785. The van der Waals surface area contributed by atoms with E-state index in [4.69, 9.17) is 14.2 Å². The minimum Gasteiger partial charge on any atom is -0.497 e. The van der Waals surface area contributed by atoms with Crippen LogP contribution in [0.4, 0.5) is 5.69 Å². The number of ether oxygens (including phenoxy) is 3. The average Bonchev–Trinajstić information content (AvgIpc) is 2.79. The number of carbonyl (C=O) groups excluding carboxylic acids is 2. The van der Waals surface area contributed by atoms with Crippen molar-refractivity contribution in [1.29, 1.82) is 0 Å². The third-order valence-electron chi connectivity index (χ3n) is 5.19. The SMILES string of the molecule is COc1ccc(NC(=O)c2ccc(OC(=O)C(C)Oc3ccc(C(C)C)c(C)c3)cc2)cc1. The van der Waals surface area contributed by atoms with Gasteiger partial charge in [-0.2, -0.15) is 0 Å². The summed E-state index contributed by atoms with van der Waals surface area (Å²) in [5.74, 6) is 1.29. The number of anilines is 1. The standard InChI is InChI=1S/C27H29NO5/c1-17(2)25-15-14-24(16-18(25)3)32-19(4)27(30)33-23-10-6-20(7-11-23)26(29)28-21-8-12-22(31-5)13-9-21/h6-17,19H,1-5H3,(H,28,29). The van der Waals surface area contributed by atoms with E-state index in [-0.39, 0.29) is 5.91 Å². The zero-order valence-electron chi connectivity index (χ0n) is 19.5. The smallest absolute Gasteiger partial charge is 0.352 e. The second kappa shape index (κ2) is 10.7. The molecular formula is C27H29NO5. The maximum absolute atomic E-state index is 12.5. The first-order chi connectivity index (χ1) is 15.8. The zero-order valence-corrected chi connectivity index (χ0v) is 19.5. The first kappa shape index (κ1) is 23.9. The Balaban J connectivity index is 1.56. The third-order valence-corrected chi connectivity index (χ3v) is 5.19. The molecule has 0 saturated heterocycles. The second-order valence-electron chi connectivity index (χ2n) is 8.06. The van der Waals surface area contributed by atoms with Crippen molar-refractivity contribution < 1.29 is 23.8 Å². The molecule has 1 amide bonds. The fourth-order valence-corrected chi connectivity index (χ4v) is 3.37. The Morgan fingerprint density at radius 1 is 0.818 bits per heavy atom. The lowest BCUT2D eigenvalue weighted by Crippen LogP contribution is -2.28. The van der Waals surface area contributed by atoms with Crippen LogP contribution < -0.4 is 19.5 Å². The molecule has 0 radical (unpaired) electrons. The van der Waals surface area contributed by atoms with Crippen molar-refractivity contribution in [2.75, 3.05) is 12.4 Å². The minimum atomic E-state index is -0.785. The van der Waals surface area contributed by atoms with Gasteiger partial charge in [0.25, 0.3) is 5.91 Å². The van der Waals surface area contributed by atoms with E-state index in [1.54, 1.807) is 62.6 Å². The van der Waals surface area contributed by atoms with E-state index in [0.717, 1.165) is 5.56 Å². The molecule has 0 saturated carbocycles. The molecule has 33 heavy (non-hydrogen) atoms. The molecule has 3 aromatic rings. The van der Waals surface area contributed by atoms with Gasteiger partial charge in [-0.25, -0.2) is 4.79 Å². The van der Waals surface area contributed by atoms with E-state index in [9.17, 15) is 9.59 Å². The molecule has 1 N–H and O–H groups in total. The second-order valence-corrected chi connectivity index (χ2v) is 8.06. The number of hydrogen-bond donors (Lipinski definition) is 1. The van der Waals surface area contributed by atoms with Gasteiger partial charge in [0.2, 0.25) is 0 Å². The Morgan fingerprint density at radius 3 is 2.00 bits per heavy atom. The number of carbonyl (C=O) groups is 2. The predicted octanol–water partition coefficient (Wildman–Crippen LogP) is 5.75. The molecule has 0 fully saturated rings. The van der Waals surface area contributed by atoms with Crippen molar-refractivity contribution in [1.82, 2.24) is 0 Å². The number of hydrogen-bond acceptors (Lipinski definition) is 5. The average molecular weight is 448 g/mol. The number of nitrogens with one attached hydrogen (secondary N) is 1. The fourth-order valence-electron chi connectivity index (χ4n) is 3.37. The Kier molecular flexibility index (Phi) is 7.72. The molecule has 0 aromatic heterocycles. The van der Waals surface area contributed by atoms with Crippen LogP contribution in [0, 0.1) is 6.92 Å². The highest BCUT2D eigenvalue weighted by atomic mass is 16.6. The molecule has 1 unspecified atom stereocenters. The van der Waals surface area contributed by atoms with Crippen molar-refractivity contribution in [2.24, 2.45) is 0 Å². The van der Waals surface area contributed by atoms with E-state index in [1.165, 1.54) is 5.56 Å². The monoisotopic (exact) mass is 447 g/mol. The number of aryl methyl sites for hydroxylation is 1. The van der Waals surface area contributed by atoms with Crippen LogP contribution in [0.2, 0.25) is 0 Å². The van der Waals surface area contributed by atoms with Gasteiger partial charge in [-0.15, -0.1) is 0 Å². The molecule has 0 aliphatic heterocycles. The van der Waals surface area contributed by atoms with Crippen LogP contribution in [0.25, 0.3) is 0 Å². The highest BCUT2D eigenvalue weighted by molar-refractivity contribution is 6.04. The van der Waals surface area contributed by atoms with Crippen molar-refractivity contribution >= 4 is 17.6 Å². The third kappa shape index (κ3) is 6.35. The van der Waals surface area contributed by atoms with Crippen LogP contribution >= 0.6 is 0 Å². The molecular weight excluding hydrogens is 418 g/mol. The summed E-state index contributed by atoms with van der Waals surface area (Å²) in [7, 11) is 1.58. The van der Waals surface area contributed by atoms with Gasteiger partial charge in [-0.3, -0.25) is 4.79 Å². The van der Waals surface area contributed by atoms with E-state index in [1.807, 2.05) is 25.1 Å². The molecule has 0 heterocycles. The molecule has 3 rings (SSSR count). The molecule has 6 nitrogen and oxygen atoms in total. The van der Waals surface area contributed by atoms with Crippen molar-refractivity contribution in [3.63, 3.8) is 0 Å². The summed E-state index contributed by atoms with van der Waals surface area (Å²) in [6, 6.07) is 19.2. The number of rotatable bonds is 8. The maximum Gasteiger partial charge on any atom is 0.352 e. The Bertz CT molecular complexity index is 1100. The molecule has 172 valence electrons. The van der Waals surface area contributed by atoms with E-state index in [2.05, 4.69) is 19.2 Å². The summed E-state index contributed by atoms with van der Waals surface area (Å²) in [4.78, 5) is 24.9. The Labute approximate surface area is 194 Å². The summed E-state index contributed by atoms with van der Waals surface area (Å²) >= 11 is 0. The highest BCUT2D eigenvalue weighted by Gasteiger charge is 2.18. The fraction of sp³-hybridized carbons (Fsp3) is 0.259. The number of esters is 1. The van der Waals surface area contributed by atoms with Gasteiger partial charge in [0.15, 0.2) is 6.10 Å². The van der Waals surface area contributed by atoms with Gasteiger partial charge in [0.05, 0.1) is 7.11 Å². The van der Waals surface area contributed by atoms with Gasteiger partial charge >= 0.3 is 5.97 Å². The lowest BCUT2D eigenvalue weighted by atomic mass is 9.98. The Morgan fingerprint density at radius 2 is 1.42 bits per heavy atom. The van der Waals surface area contributed by atoms with E-state index >= 15 is 0 Å². The molecule has 0 bridgehead atoms. The largest absolute Gasteiger partial charge is 0.497 e. The molecule has 3 aromatic carbocycles. The van der Waals surface area contributed by atoms with Crippen LogP contribution in [0.1, 0.15) is 48.2 Å². The normalized spacial score (nSPS) is 11.6. The molecule has 0 spiro atoms. The molecule has 6 heteroatoms. The molecule has 0 aliphatic carbocycles. The summed E-state index contributed by atoms with van der Waals surface area (Å²) in [5, 5.41) is 2.81. The number of benzene rings is 3. The lowest BCUT2D eigenvalue weighted by Gasteiger charge is -2.16. The van der Waals surface area contributed by atoms with Crippen molar-refractivity contribution in [2.45, 2.75) is 39.7 Å². The Hall–Kier alpha value is -3.80. The van der Waals surface area contributed by atoms with Crippen LogP contribution in [-0.4, -0.2) is 25.1 Å². The maximum atomic E-state index is 12.5. The quantitative estimate of drug-likeness (QED) is 0.351. The summed E-state index contributed by atoms with van der Waals surface area (Å²) in [5.41, 5.74) is 3.45. The molecule has 0 aliphatic rings. The molecule has 1 atom stereocenters. The first-order valence-corrected chi connectivity index (χ1v) is 10.8. The van der Waals surface area contributed by atoms with Gasteiger partial charge < -0.3 is 19.5 Å². The highest BCUT2D eigenvalue weighted by Crippen LogP contribution is 2.24. The topological polar surface area (TPSA) is 73.9 Å². The van der Waals surface area contributed by atoms with Gasteiger partial charge in [-0.1, -0.05) is 19.9 Å². The van der Waals surface area contributed by atoms with Gasteiger partial charge in [-0.05, 0) is 91.6 Å². The van der Waals surface area contributed by atoms with Crippen LogP contribution in [0.15, 0.2) is 66.7 Å². The van der Waals surface area contributed by atoms with Crippen molar-refractivity contribution in [3.8, 4) is 17.2 Å². The number of amides is 1. The number of methoxy groups -OCH3 is 1. The minimum absolute atomic E-state index is 0.269. The first-order valence-electron chi connectivity index (χ1n) is 10.8. The van der Waals surface area contributed by atoms with Crippen LogP contribution in [-0.2, 0) is 4.79 Å². The van der Waals surface area contributed by atoms with E-state index < -0.39 is 12.1 Å². The summed E-state index contributed by atoms with van der Waals surface area (Å²) < 4.78 is 16.3. The van der Waals surface area contributed by atoms with Crippen LogP contribution in [0.5, 0.6) is 17.2 Å². The van der Waals surface area contributed by atoms with E-state index in [0.29, 0.717) is 34.4 Å². The predicted molar refractivity (Wildman–Crippen MR) is 128 cm³/mol. The van der Waals surface area contributed by atoms with Gasteiger partial charge in [0.1, 0.15) is 17.2 Å². The van der Waals surface area contributed by atoms with Gasteiger partial charge in [0, 0.05) is 11.3 Å². The van der Waals surface area contributed by atoms with Crippen molar-refractivity contribution in [3.05, 3.63) is 83.4 Å². The lowest BCUT2D eigenvalue weighted by molar-refractivity contribution is -0.141. The van der Waals surface area contributed by atoms with Crippen LogP contribution in [0.3, 0.4) is 0 Å². The zero-order chi connectivity index (χ0) is 24.0.